The Morgan fingerprint density at radius 3 is 1.55 bits per heavy atom. The molecule has 1 rings (SSSR count). The highest BCUT2D eigenvalue weighted by atomic mass is 16.0. The Bertz CT molecular complexity index is 481. The SMILES string of the molecule is CCCCCCCCCCCCCCC(Cc1ccccc1)C(N)(CCC)CCC.O. The quantitative estimate of drug-likeness (QED) is 0.206. The zero-order valence-corrected chi connectivity index (χ0v) is 21.3. The molecule has 0 radical (unpaired) electrons. The maximum Gasteiger partial charge on any atom is 0.0185 e. The molecule has 0 saturated heterocycles. The largest absolute Gasteiger partial charge is 0.412 e. The Morgan fingerprint density at radius 2 is 1.10 bits per heavy atom. The summed E-state index contributed by atoms with van der Waals surface area (Å²) in [6.45, 7) is 6.88. The minimum absolute atomic E-state index is 0. The van der Waals surface area contributed by atoms with E-state index in [2.05, 4.69) is 51.1 Å². The molecule has 0 aliphatic rings. The van der Waals surface area contributed by atoms with Crippen LogP contribution in [0.5, 0.6) is 0 Å². The van der Waals surface area contributed by atoms with Crippen molar-refractivity contribution in [1.82, 2.24) is 0 Å². The van der Waals surface area contributed by atoms with Crippen molar-refractivity contribution >= 4 is 0 Å². The van der Waals surface area contributed by atoms with Gasteiger partial charge in [0.15, 0.2) is 0 Å². The average molecular weight is 434 g/mol. The second-order valence-corrected chi connectivity index (χ2v) is 9.80. The minimum Gasteiger partial charge on any atom is -0.412 e. The summed E-state index contributed by atoms with van der Waals surface area (Å²) in [4.78, 5) is 0. The first-order chi connectivity index (χ1) is 14.7. The second kappa shape index (κ2) is 19.8. The number of hydrogen-bond donors (Lipinski definition) is 1. The summed E-state index contributed by atoms with van der Waals surface area (Å²) in [5.41, 5.74) is 8.52. The van der Waals surface area contributed by atoms with Gasteiger partial charge in [-0.25, -0.2) is 0 Å². The lowest BCUT2D eigenvalue weighted by Crippen LogP contribution is -2.48. The Morgan fingerprint density at radius 1 is 0.645 bits per heavy atom. The van der Waals surface area contributed by atoms with Crippen LogP contribution < -0.4 is 5.73 Å². The third-order valence-electron chi connectivity index (χ3n) is 6.98. The number of hydrogen-bond acceptors (Lipinski definition) is 1. The van der Waals surface area contributed by atoms with Gasteiger partial charge in [-0.15, -0.1) is 0 Å². The molecule has 1 unspecified atom stereocenters. The smallest absolute Gasteiger partial charge is 0.0185 e. The van der Waals surface area contributed by atoms with Gasteiger partial charge in [0.05, 0.1) is 0 Å². The Hall–Kier alpha value is -0.860. The monoisotopic (exact) mass is 433 g/mol. The van der Waals surface area contributed by atoms with E-state index in [0.29, 0.717) is 5.92 Å². The third kappa shape index (κ3) is 14.0. The van der Waals surface area contributed by atoms with Crippen LogP contribution in [0, 0.1) is 5.92 Å². The molecule has 4 N–H and O–H groups in total. The normalized spacial score (nSPS) is 12.5. The van der Waals surface area contributed by atoms with Crippen LogP contribution in [-0.4, -0.2) is 11.0 Å². The van der Waals surface area contributed by atoms with Crippen LogP contribution in [0.3, 0.4) is 0 Å². The molecule has 1 aromatic carbocycles. The van der Waals surface area contributed by atoms with Gasteiger partial charge in [-0.2, -0.15) is 0 Å². The zero-order valence-electron chi connectivity index (χ0n) is 21.3. The van der Waals surface area contributed by atoms with E-state index in [1.165, 1.54) is 102 Å². The molecular weight excluding hydrogens is 378 g/mol. The fraction of sp³-hybridized carbons (Fsp3) is 0.793. The van der Waals surface area contributed by atoms with E-state index in [1.807, 2.05) is 0 Å². The van der Waals surface area contributed by atoms with Gasteiger partial charge in [0.1, 0.15) is 0 Å². The molecule has 0 amide bonds. The number of nitrogens with two attached hydrogens (primary N) is 1. The van der Waals surface area contributed by atoms with Crippen molar-refractivity contribution < 1.29 is 5.48 Å². The topological polar surface area (TPSA) is 57.5 Å². The number of unbranched alkanes of at least 4 members (excludes halogenated alkanes) is 11. The van der Waals surface area contributed by atoms with Crippen molar-refractivity contribution in [3.63, 3.8) is 0 Å². The summed E-state index contributed by atoms with van der Waals surface area (Å²) >= 11 is 0. The van der Waals surface area contributed by atoms with Crippen molar-refractivity contribution in [2.24, 2.45) is 11.7 Å². The zero-order chi connectivity index (χ0) is 21.9. The van der Waals surface area contributed by atoms with E-state index >= 15 is 0 Å². The van der Waals surface area contributed by atoms with Crippen LogP contribution in [0.2, 0.25) is 0 Å². The fourth-order valence-corrected chi connectivity index (χ4v) is 5.19. The van der Waals surface area contributed by atoms with Crippen LogP contribution in [-0.2, 0) is 6.42 Å². The Balaban J connectivity index is 0.00000900. The molecule has 1 aromatic rings. The fourth-order valence-electron chi connectivity index (χ4n) is 5.19. The summed E-state index contributed by atoms with van der Waals surface area (Å²) < 4.78 is 0. The van der Waals surface area contributed by atoms with Crippen molar-refractivity contribution in [1.29, 1.82) is 0 Å². The second-order valence-electron chi connectivity index (χ2n) is 9.80. The molecule has 0 aromatic heterocycles. The van der Waals surface area contributed by atoms with Gasteiger partial charge in [-0.05, 0) is 37.2 Å². The molecule has 182 valence electrons. The number of rotatable bonds is 20. The first kappa shape index (κ1) is 30.1. The van der Waals surface area contributed by atoms with Crippen molar-refractivity contribution in [2.45, 2.75) is 142 Å². The molecule has 0 fully saturated rings. The molecule has 2 heteroatoms. The molecule has 0 saturated carbocycles. The van der Waals surface area contributed by atoms with Gasteiger partial charge in [0.25, 0.3) is 0 Å². The van der Waals surface area contributed by atoms with Gasteiger partial charge >= 0.3 is 0 Å². The molecule has 0 aliphatic carbocycles. The summed E-state index contributed by atoms with van der Waals surface area (Å²) in [6.07, 6.45) is 24.2. The molecule has 0 bridgehead atoms. The van der Waals surface area contributed by atoms with Crippen molar-refractivity contribution in [3.05, 3.63) is 35.9 Å². The average Bonchev–Trinajstić information content (AvgIpc) is 2.74. The lowest BCUT2D eigenvalue weighted by molar-refractivity contribution is 0.211. The summed E-state index contributed by atoms with van der Waals surface area (Å²) in [7, 11) is 0. The summed E-state index contributed by atoms with van der Waals surface area (Å²) in [5.74, 6) is 0.614. The third-order valence-corrected chi connectivity index (χ3v) is 6.98. The standard InChI is InChI=1S/C29H53N.H2O/c1-4-7-8-9-10-11-12-13-14-15-16-20-23-28(26-27-21-18-17-19-22-27)29(30,24-5-2)25-6-3;/h17-19,21-22,28H,4-16,20,23-26,30H2,1-3H3;1H2. The van der Waals surface area contributed by atoms with E-state index < -0.39 is 0 Å². The highest BCUT2D eigenvalue weighted by Crippen LogP contribution is 2.33. The molecule has 0 spiro atoms. The summed E-state index contributed by atoms with van der Waals surface area (Å²) in [5, 5.41) is 0. The van der Waals surface area contributed by atoms with E-state index in [0.717, 1.165) is 19.3 Å². The first-order valence-corrected chi connectivity index (χ1v) is 13.5. The van der Waals surface area contributed by atoms with Gasteiger partial charge in [0.2, 0.25) is 0 Å². The maximum atomic E-state index is 7.05. The van der Waals surface area contributed by atoms with E-state index in [-0.39, 0.29) is 11.0 Å². The molecule has 0 aliphatic heterocycles. The van der Waals surface area contributed by atoms with Crippen LogP contribution in [0.1, 0.15) is 135 Å². The minimum atomic E-state index is 0. The van der Waals surface area contributed by atoms with Gasteiger partial charge in [-0.3, -0.25) is 0 Å². The lowest BCUT2D eigenvalue weighted by Gasteiger charge is -2.38. The Kier molecular flexibility index (Phi) is 19.2. The van der Waals surface area contributed by atoms with Crippen molar-refractivity contribution in [3.8, 4) is 0 Å². The predicted octanol–water partition coefficient (Wildman–Crippen LogP) is 8.41. The lowest BCUT2D eigenvalue weighted by atomic mass is 9.72. The van der Waals surface area contributed by atoms with E-state index in [4.69, 9.17) is 5.73 Å². The molecule has 2 nitrogen and oxygen atoms in total. The van der Waals surface area contributed by atoms with E-state index in [1.54, 1.807) is 0 Å². The van der Waals surface area contributed by atoms with Crippen LogP contribution in [0.15, 0.2) is 30.3 Å². The van der Waals surface area contributed by atoms with E-state index in [9.17, 15) is 0 Å². The molecule has 31 heavy (non-hydrogen) atoms. The number of benzene rings is 1. The van der Waals surface area contributed by atoms with Crippen LogP contribution in [0.4, 0.5) is 0 Å². The van der Waals surface area contributed by atoms with Crippen molar-refractivity contribution in [2.75, 3.05) is 0 Å². The highest BCUT2D eigenvalue weighted by Gasteiger charge is 2.32. The summed E-state index contributed by atoms with van der Waals surface area (Å²) in [6, 6.07) is 11.0. The van der Waals surface area contributed by atoms with Gasteiger partial charge in [0, 0.05) is 5.54 Å². The molecule has 1 atom stereocenters. The Labute approximate surface area is 195 Å². The predicted molar refractivity (Wildman–Crippen MR) is 140 cm³/mol. The molecular formula is C29H55NO. The van der Waals surface area contributed by atoms with Gasteiger partial charge in [-0.1, -0.05) is 141 Å². The first-order valence-electron chi connectivity index (χ1n) is 13.5. The van der Waals surface area contributed by atoms with Crippen LogP contribution >= 0.6 is 0 Å². The molecule has 0 heterocycles. The van der Waals surface area contributed by atoms with Gasteiger partial charge < -0.3 is 11.2 Å². The maximum absolute atomic E-state index is 7.05. The highest BCUT2D eigenvalue weighted by molar-refractivity contribution is 5.16. The van der Waals surface area contributed by atoms with Crippen LogP contribution in [0.25, 0.3) is 0 Å².